The Kier molecular flexibility index (Phi) is 2.03. The average molecular weight is 159 g/mol. The first-order chi connectivity index (χ1) is 4.20. The zero-order valence-electron chi connectivity index (χ0n) is 5.31. The van der Waals surface area contributed by atoms with E-state index in [1.54, 1.807) is 10.8 Å². The molecule has 0 amide bonds. The van der Waals surface area contributed by atoms with E-state index in [-0.39, 0.29) is 9.70 Å². The van der Waals surface area contributed by atoms with Crippen LogP contribution in [0.1, 0.15) is 6.92 Å². The summed E-state index contributed by atoms with van der Waals surface area (Å²) in [5.74, 6) is 3.86. The normalized spacial score (nSPS) is 25.0. The van der Waals surface area contributed by atoms with Crippen molar-refractivity contribution in [2.45, 2.75) is 6.92 Å². The van der Waals surface area contributed by atoms with Crippen molar-refractivity contribution in [1.82, 2.24) is 4.72 Å². The number of hydrogen-bond donors (Lipinski definition) is 1. The fraction of sp³-hybridized carbons (Fsp3) is 0.167. The molecule has 0 radical (unpaired) electrons. The number of allylic oxidation sites excluding steroid dienone is 1. The summed E-state index contributed by atoms with van der Waals surface area (Å²) in [7, 11) is 1.78. The molecule has 1 unspecified atom stereocenters. The second-order valence-corrected chi connectivity index (χ2v) is 5.08. The van der Waals surface area contributed by atoms with E-state index in [1.165, 1.54) is 4.91 Å². The van der Waals surface area contributed by atoms with E-state index in [0.717, 1.165) is 5.57 Å². The molecular weight excluding hydrogens is 150 g/mol. The van der Waals surface area contributed by atoms with Gasteiger partial charge < -0.3 is 4.72 Å². The highest BCUT2D eigenvalue weighted by Gasteiger charge is 2.06. The van der Waals surface area contributed by atoms with E-state index >= 15 is 0 Å². The molecule has 0 aliphatic carbocycles. The Hall–Kier alpha value is -0.150. The summed E-state index contributed by atoms with van der Waals surface area (Å²) >= 11 is 0. The van der Waals surface area contributed by atoms with Crippen molar-refractivity contribution >= 4 is 26.4 Å². The SMILES string of the molecule is C=C(C)C1=CNS(=C)S1. The van der Waals surface area contributed by atoms with Crippen LogP contribution in [-0.2, 0) is 0 Å². The van der Waals surface area contributed by atoms with Gasteiger partial charge in [0.1, 0.15) is 0 Å². The zero-order valence-corrected chi connectivity index (χ0v) is 6.94. The van der Waals surface area contributed by atoms with Gasteiger partial charge in [0.25, 0.3) is 0 Å². The Morgan fingerprint density at radius 3 is 2.78 bits per heavy atom. The van der Waals surface area contributed by atoms with E-state index in [0.29, 0.717) is 0 Å². The molecule has 3 heteroatoms. The molecule has 1 aliphatic heterocycles. The molecule has 1 aliphatic rings. The summed E-state index contributed by atoms with van der Waals surface area (Å²) in [6.07, 6.45) is 1.98. The standard InChI is InChI=1S/C6H9NS2/c1-5(2)6-4-7-9(3)8-6/h4,7H,1,3H2,2H3. The van der Waals surface area contributed by atoms with Crippen LogP contribution in [0.3, 0.4) is 0 Å². The molecule has 0 saturated carbocycles. The molecule has 1 rings (SSSR count). The lowest BCUT2D eigenvalue weighted by Gasteiger charge is -1.95. The molecule has 0 bridgehead atoms. The van der Waals surface area contributed by atoms with Gasteiger partial charge >= 0.3 is 0 Å². The second-order valence-electron chi connectivity index (χ2n) is 1.84. The van der Waals surface area contributed by atoms with Crippen molar-refractivity contribution in [3.05, 3.63) is 23.3 Å². The average Bonchev–Trinajstić information content (AvgIpc) is 2.14. The van der Waals surface area contributed by atoms with Gasteiger partial charge in [-0.15, -0.1) is 0 Å². The van der Waals surface area contributed by atoms with E-state index in [2.05, 4.69) is 17.2 Å². The summed E-state index contributed by atoms with van der Waals surface area (Å²) in [4.78, 5) is 1.23. The predicted molar refractivity (Wildman–Crippen MR) is 48.3 cm³/mol. The molecule has 1 atom stereocenters. The maximum absolute atomic E-state index is 3.86. The lowest BCUT2D eigenvalue weighted by atomic mass is 10.3. The van der Waals surface area contributed by atoms with E-state index in [1.807, 2.05) is 13.1 Å². The van der Waals surface area contributed by atoms with Gasteiger partial charge in [-0.1, -0.05) is 6.58 Å². The number of rotatable bonds is 1. The van der Waals surface area contributed by atoms with Crippen LogP contribution < -0.4 is 4.72 Å². The molecule has 0 aromatic rings. The van der Waals surface area contributed by atoms with Gasteiger partial charge in [0.05, 0.1) is 0 Å². The topological polar surface area (TPSA) is 12.0 Å². The van der Waals surface area contributed by atoms with Crippen LogP contribution in [0.2, 0.25) is 0 Å². The van der Waals surface area contributed by atoms with Gasteiger partial charge in [-0.25, -0.2) is 0 Å². The van der Waals surface area contributed by atoms with Crippen LogP contribution in [0.25, 0.3) is 0 Å². The molecule has 0 aromatic heterocycles. The fourth-order valence-electron chi connectivity index (χ4n) is 0.470. The molecule has 0 spiro atoms. The Morgan fingerprint density at radius 1 is 1.89 bits per heavy atom. The minimum Gasteiger partial charge on any atom is -0.333 e. The summed E-state index contributed by atoms with van der Waals surface area (Å²) in [6.45, 7) is 5.82. The van der Waals surface area contributed by atoms with Crippen LogP contribution in [-0.4, -0.2) is 5.87 Å². The Labute approximate surface area is 61.7 Å². The lowest BCUT2D eigenvalue weighted by molar-refractivity contribution is 1.40. The second kappa shape index (κ2) is 2.62. The summed E-state index contributed by atoms with van der Waals surface area (Å²) in [5, 5.41) is 0. The Bertz CT molecular complexity index is 193. The summed E-state index contributed by atoms with van der Waals surface area (Å²) in [5.41, 5.74) is 1.12. The molecule has 50 valence electrons. The summed E-state index contributed by atoms with van der Waals surface area (Å²) < 4.78 is 3.11. The monoisotopic (exact) mass is 159 g/mol. The van der Waals surface area contributed by atoms with E-state index < -0.39 is 0 Å². The van der Waals surface area contributed by atoms with Crippen molar-refractivity contribution in [2.24, 2.45) is 0 Å². The van der Waals surface area contributed by atoms with Crippen LogP contribution >= 0.6 is 20.5 Å². The zero-order chi connectivity index (χ0) is 6.85. The Balaban J connectivity index is 2.65. The van der Waals surface area contributed by atoms with Gasteiger partial charge in [-0.2, -0.15) is 0 Å². The maximum Gasteiger partial charge on any atom is 0.0383 e. The van der Waals surface area contributed by atoms with Crippen LogP contribution in [0.15, 0.2) is 23.3 Å². The first kappa shape index (κ1) is 6.96. The quantitative estimate of drug-likeness (QED) is 0.465. The Morgan fingerprint density at radius 2 is 2.56 bits per heavy atom. The summed E-state index contributed by atoms with van der Waals surface area (Å²) in [6, 6.07) is 0. The minimum atomic E-state index is 0.0398. The highest BCUT2D eigenvalue weighted by Crippen LogP contribution is 2.40. The predicted octanol–water partition coefficient (Wildman–Crippen LogP) is 2.27. The molecule has 0 saturated heterocycles. The lowest BCUT2D eigenvalue weighted by Crippen LogP contribution is -1.82. The maximum atomic E-state index is 3.86. The largest absolute Gasteiger partial charge is 0.333 e. The van der Waals surface area contributed by atoms with Gasteiger partial charge in [0.15, 0.2) is 0 Å². The number of hydrogen-bond acceptors (Lipinski definition) is 2. The molecule has 1 heterocycles. The highest BCUT2D eigenvalue weighted by atomic mass is 33.1. The van der Waals surface area contributed by atoms with Gasteiger partial charge in [0.2, 0.25) is 0 Å². The first-order valence-corrected chi connectivity index (χ1v) is 5.27. The molecule has 1 nitrogen and oxygen atoms in total. The van der Waals surface area contributed by atoms with Crippen LogP contribution in [0.4, 0.5) is 0 Å². The van der Waals surface area contributed by atoms with Gasteiger partial charge in [0, 0.05) is 11.1 Å². The van der Waals surface area contributed by atoms with Gasteiger partial charge in [-0.05, 0) is 38.9 Å². The third kappa shape index (κ3) is 1.63. The molecule has 9 heavy (non-hydrogen) atoms. The van der Waals surface area contributed by atoms with Crippen molar-refractivity contribution in [3.63, 3.8) is 0 Å². The molecule has 0 aromatic carbocycles. The molecule has 0 fully saturated rings. The highest BCUT2D eigenvalue weighted by molar-refractivity contribution is 8.84. The third-order valence-corrected chi connectivity index (χ3v) is 3.59. The van der Waals surface area contributed by atoms with E-state index in [9.17, 15) is 0 Å². The first-order valence-electron chi connectivity index (χ1n) is 2.54. The third-order valence-electron chi connectivity index (χ3n) is 0.932. The van der Waals surface area contributed by atoms with Gasteiger partial charge in [-0.3, -0.25) is 0 Å². The molecular formula is C6H9NS2. The van der Waals surface area contributed by atoms with Crippen molar-refractivity contribution in [2.75, 3.05) is 0 Å². The smallest absolute Gasteiger partial charge is 0.0383 e. The van der Waals surface area contributed by atoms with Crippen molar-refractivity contribution < 1.29 is 0 Å². The fourth-order valence-corrected chi connectivity index (χ4v) is 2.82. The minimum absolute atomic E-state index is 0.0398. The van der Waals surface area contributed by atoms with E-state index in [4.69, 9.17) is 0 Å². The number of nitrogens with one attached hydrogen (secondary N) is 1. The van der Waals surface area contributed by atoms with Crippen molar-refractivity contribution in [3.8, 4) is 0 Å². The van der Waals surface area contributed by atoms with Crippen LogP contribution in [0.5, 0.6) is 0 Å². The van der Waals surface area contributed by atoms with Crippen LogP contribution in [0, 0.1) is 0 Å². The van der Waals surface area contributed by atoms with Crippen molar-refractivity contribution in [1.29, 1.82) is 0 Å². The molecule has 1 N–H and O–H groups in total.